The lowest BCUT2D eigenvalue weighted by molar-refractivity contribution is 0.298. The van der Waals surface area contributed by atoms with Crippen LogP contribution in [0, 0.1) is 0 Å². The molecule has 0 aliphatic carbocycles. The Morgan fingerprint density at radius 3 is 2.00 bits per heavy atom. The Bertz CT molecular complexity index is 438. The predicted molar refractivity (Wildman–Crippen MR) is 89.0 cm³/mol. The molecular formula is C17H31N3O. The van der Waals surface area contributed by atoms with E-state index in [1.165, 1.54) is 0 Å². The van der Waals surface area contributed by atoms with Crippen molar-refractivity contribution in [2.75, 3.05) is 18.1 Å². The topological polar surface area (TPSA) is 49.2 Å². The number of rotatable bonds is 4. The van der Waals surface area contributed by atoms with Crippen molar-refractivity contribution >= 4 is 5.82 Å². The number of aromatic nitrogens is 2. The van der Waals surface area contributed by atoms with E-state index in [9.17, 15) is 5.11 Å². The molecule has 0 saturated carbocycles. The summed E-state index contributed by atoms with van der Waals surface area (Å²) in [4.78, 5) is 11.7. The first-order valence-corrected chi connectivity index (χ1v) is 7.74. The maximum absolute atomic E-state index is 9.32. The standard InChI is InChI=1S/C17H31N3O/c1-12(2)20(9-10-21)14-11-13(16(3,4)5)18-15(19-14)17(6,7)8/h11-12,21H,9-10H2,1-8H3. The summed E-state index contributed by atoms with van der Waals surface area (Å²) < 4.78 is 0. The van der Waals surface area contributed by atoms with Crippen LogP contribution in [0.25, 0.3) is 0 Å². The molecule has 0 unspecified atom stereocenters. The minimum absolute atomic E-state index is 0.0282. The molecule has 0 aromatic carbocycles. The van der Waals surface area contributed by atoms with Gasteiger partial charge in [-0.3, -0.25) is 0 Å². The van der Waals surface area contributed by atoms with Crippen LogP contribution in [0.2, 0.25) is 0 Å². The number of nitrogens with zero attached hydrogens (tertiary/aromatic N) is 3. The molecule has 0 bridgehead atoms. The number of anilines is 1. The van der Waals surface area contributed by atoms with Crippen LogP contribution in [0.15, 0.2) is 6.07 Å². The molecule has 1 heterocycles. The first-order chi connectivity index (χ1) is 9.46. The van der Waals surface area contributed by atoms with Crippen LogP contribution in [0.3, 0.4) is 0 Å². The molecule has 21 heavy (non-hydrogen) atoms. The van der Waals surface area contributed by atoms with Gasteiger partial charge in [-0.15, -0.1) is 0 Å². The van der Waals surface area contributed by atoms with E-state index in [1.54, 1.807) is 0 Å². The fourth-order valence-corrected chi connectivity index (χ4v) is 2.05. The Morgan fingerprint density at radius 1 is 1.05 bits per heavy atom. The third kappa shape index (κ3) is 4.67. The Kier molecular flexibility index (Phi) is 5.37. The van der Waals surface area contributed by atoms with Crippen LogP contribution in [0.1, 0.15) is 66.9 Å². The van der Waals surface area contributed by atoms with Crippen LogP contribution in [0.5, 0.6) is 0 Å². The smallest absolute Gasteiger partial charge is 0.136 e. The second kappa shape index (κ2) is 6.30. The van der Waals surface area contributed by atoms with Crippen molar-refractivity contribution in [1.82, 2.24) is 9.97 Å². The van der Waals surface area contributed by atoms with Gasteiger partial charge >= 0.3 is 0 Å². The molecule has 0 aliphatic heterocycles. The minimum Gasteiger partial charge on any atom is -0.395 e. The molecule has 1 N–H and O–H groups in total. The molecule has 0 amide bonds. The van der Waals surface area contributed by atoms with Crippen molar-refractivity contribution < 1.29 is 5.11 Å². The molecule has 4 nitrogen and oxygen atoms in total. The summed E-state index contributed by atoms with van der Waals surface area (Å²) in [5, 5.41) is 9.32. The number of hydrogen-bond acceptors (Lipinski definition) is 4. The summed E-state index contributed by atoms with van der Waals surface area (Å²) in [6.45, 7) is 17.8. The summed E-state index contributed by atoms with van der Waals surface area (Å²) in [6.07, 6.45) is 0. The van der Waals surface area contributed by atoms with Gasteiger partial charge in [0.05, 0.1) is 12.3 Å². The lowest BCUT2D eigenvalue weighted by Gasteiger charge is -2.30. The van der Waals surface area contributed by atoms with E-state index >= 15 is 0 Å². The zero-order valence-corrected chi connectivity index (χ0v) is 14.9. The highest BCUT2D eigenvalue weighted by Gasteiger charge is 2.25. The molecular weight excluding hydrogens is 262 g/mol. The molecule has 1 rings (SSSR count). The van der Waals surface area contributed by atoms with E-state index in [2.05, 4.69) is 66.4 Å². The number of aliphatic hydroxyl groups excluding tert-OH is 1. The van der Waals surface area contributed by atoms with E-state index < -0.39 is 0 Å². The van der Waals surface area contributed by atoms with Gasteiger partial charge in [0.25, 0.3) is 0 Å². The van der Waals surface area contributed by atoms with Crippen molar-refractivity contribution in [1.29, 1.82) is 0 Å². The van der Waals surface area contributed by atoms with Crippen LogP contribution >= 0.6 is 0 Å². The Hall–Kier alpha value is -1.16. The van der Waals surface area contributed by atoms with Crippen molar-refractivity contribution in [2.24, 2.45) is 0 Å². The highest BCUT2D eigenvalue weighted by molar-refractivity contribution is 5.43. The van der Waals surface area contributed by atoms with Crippen LogP contribution in [0.4, 0.5) is 5.82 Å². The van der Waals surface area contributed by atoms with E-state index in [-0.39, 0.29) is 23.5 Å². The maximum atomic E-state index is 9.32. The predicted octanol–water partition coefficient (Wildman–Crippen LogP) is 3.28. The van der Waals surface area contributed by atoms with Gasteiger partial charge in [-0.05, 0) is 13.8 Å². The summed E-state index contributed by atoms with van der Waals surface area (Å²) in [5.41, 5.74) is 0.915. The normalized spacial score (nSPS) is 12.9. The third-order valence-electron chi connectivity index (χ3n) is 3.41. The van der Waals surface area contributed by atoms with Crippen molar-refractivity contribution in [2.45, 2.75) is 72.3 Å². The average molecular weight is 293 g/mol. The van der Waals surface area contributed by atoms with Gasteiger partial charge in [0.1, 0.15) is 11.6 Å². The molecule has 0 aliphatic rings. The number of hydrogen-bond donors (Lipinski definition) is 1. The molecule has 4 heteroatoms. The fraction of sp³-hybridized carbons (Fsp3) is 0.765. The molecule has 0 saturated heterocycles. The molecule has 0 radical (unpaired) electrons. The summed E-state index contributed by atoms with van der Waals surface area (Å²) >= 11 is 0. The summed E-state index contributed by atoms with van der Waals surface area (Å²) in [6, 6.07) is 2.35. The van der Waals surface area contributed by atoms with Gasteiger partial charge in [-0.25, -0.2) is 9.97 Å². The van der Waals surface area contributed by atoms with Crippen molar-refractivity contribution in [3.8, 4) is 0 Å². The van der Waals surface area contributed by atoms with E-state index in [0.717, 1.165) is 17.3 Å². The van der Waals surface area contributed by atoms with Gasteiger partial charge < -0.3 is 10.0 Å². The zero-order chi connectivity index (χ0) is 16.4. The Morgan fingerprint density at radius 2 is 1.62 bits per heavy atom. The fourth-order valence-electron chi connectivity index (χ4n) is 2.05. The van der Waals surface area contributed by atoms with Gasteiger partial charge in [0.15, 0.2) is 0 Å². The van der Waals surface area contributed by atoms with Crippen molar-refractivity contribution in [3.63, 3.8) is 0 Å². The third-order valence-corrected chi connectivity index (χ3v) is 3.41. The van der Waals surface area contributed by atoms with Crippen molar-refractivity contribution in [3.05, 3.63) is 17.6 Å². The largest absolute Gasteiger partial charge is 0.395 e. The average Bonchev–Trinajstić information content (AvgIpc) is 2.32. The van der Waals surface area contributed by atoms with Crippen LogP contribution in [-0.4, -0.2) is 34.3 Å². The SMILES string of the molecule is CC(C)N(CCO)c1cc(C(C)(C)C)nc(C(C)(C)C)n1. The monoisotopic (exact) mass is 293 g/mol. The lowest BCUT2D eigenvalue weighted by Crippen LogP contribution is -2.35. The van der Waals surface area contributed by atoms with Crippen LogP contribution < -0.4 is 4.90 Å². The number of aliphatic hydroxyl groups is 1. The van der Waals surface area contributed by atoms with Gasteiger partial charge in [0, 0.05) is 29.5 Å². The van der Waals surface area contributed by atoms with Gasteiger partial charge in [0.2, 0.25) is 0 Å². The molecule has 0 fully saturated rings. The second-order valence-electron chi connectivity index (χ2n) is 7.95. The van der Waals surface area contributed by atoms with E-state index in [4.69, 9.17) is 9.97 Å². The quantitative estimate of drug-likeness (QED) is 0.925. The first kappa shape index (κ1) is 17.9. The highest BCUT2D eigenvalue weighted by atomic mass is 16.3. The summed E-state index contributed by atoms with van der Waals surface area (Å²) in [5.74, 6) is 1.76. The summed E-state index contributed by atoms with van der Waals surface area (Å²) in [7, 11) is 0. The molecule has 0 atom stereocenters. The lowest BCUT2D eigenvalue weighted by atomic mass is 9.90. The van der Waals surface area contributed by atoms with Crippen LogP contribution in [-0.2, 0) is 10.8 Å². The zero-order valence-electron chi connectivity index (χ0n) is 14.9. The Labute approximate surface area is 129 Å². The van der Waals surface area contributed by atoms with E-state index in [0.29, 0.717) is 6.54 Å². The van der Waals surface area contributed by atoms with Gasteiger partial charge in [-0.2, -0.15) is 0 Å². The first-order valence-electron chi connectivity index (χ1n) is 7.74. The molecule has 1 aromatic heterocycles. The molecule has 0 spiro atoms. The highest BCUT2D eigenvalue weighted by Crippen LogP contribution is 2.28. The van der Waals surface area contributed by atoms with Gasteiger partial charge in [-0.1, -0.05) is 41.5 Å². The Balaban J connectivity index is 3.43. The maximum Gasteiger partial charge on any atom is 0.136 e. The van der Waals surface area contributed by atoms with E-state index in [1.807, 2.05) is 0 Å². The molecule has 1 aromatic rings. The second-order valence-corrected chi connectivity index (χ2v) is 7.95. The molecule has 120 valence electrons. The minimum atomic E-state index is -0.0993.